The van der Waals surface area contributed by atoms with Crippen LogP contribution >= 0.6 is 0 Å². The number of hydrogen-bond acceptors (Lipinski definition) is 4. The van der Waals surface area contributed by atoms with Gasteiger partial charge in [0.2, 0.25) is 15.9 Å². The predicted octanol–water partition coefficient (Wildman–Crippen LogP) is 2.77. The third-order valence-electron chi connectivity index (χ3n) is 7.22. The molecule has 0 atom stereocenters. The van der Waals surface area contributed by atoms with Gasteiger partial charge in [0, 0.05) is 45.2 Å². The molecule has 6 nitrogen and oxygen atoms in total. The van der Waals surface area contributed by atoms with Crippen LogP contribution in [0.5, 0.6) is 0 Å². The molecule has 2 fully saturated rings. The molecule has 2 saturated heterocycles. The Morgan fingerprint density at radius 2 is 1.68 bits per heavy atom. The third kappa shape index (κ3) is 5.15. The monoisotopic (exact) mass is 447 g/mol. The Morgan fingerprint density at radius 1 is 1.00 bits per heavy atom. The average Bonchev–Trinajstić information content (AvgIpc) is 3.25. The fraction of sp³-hybridized carbons (Fsp3) is 0.708. The van der Waals surface area contributed by atoms with Crippen LogP contribution in [0.15, 0.2) is 23.1 Å². The average molecular weight is 448 g/mol. The first kappa shape index (κ1) is 22.7. The second-order valence-electron chi connectivity index (χ2n) is 9.81. The molecule has 0 spiro atoms. The van der Waals surface area contributed by atoms with Crippen molar-refractivity contribution in [3.8, 4) is 0 Å². The molecular weight excluding hydrogens is 410 g/mol. The van der Waals surface area contributed by atoms with E-state index in [0.717, 1.165) is 52.0 Å². The van der Waals surface area contributed by atoms with Gasteiger partial charge in [-0.15, -0.1) is 0 Å². The van der Waals surface area contributed by atoms with Crippen LogP contribution in [0.2, 0.25) is 0 Å². The molecule has 172 valence electrons. The van der Waals surface area contributed by atoms with E-state index in [1.807, 2.05) is 17.0 Å². The number of carbonyl (C=O) groups excluding carboxylic acids is 1. The van der Waals surface area contributed by atoms with Crippen molar-refractivity contribution in [3.05, 3.63) is 29.3 Å². The zero-order valence-electron chi connectivity index (χ0n) is 19.1. The zero-order valence-corrected chi connectivity index (χ0v) is 19.9. The molecule has 31 heavy (non-hydrogen) atoms. The van der Waals surface area contributed by atoms with Gasteiger partial charge >= 0.3 is 0 Å². The number of amides is 1. The molecule has 1 aromatic carbocycles. The summed E-state index contributed by atoms with van der Waals surface area (Å²) in [5, 5.41) is 0. The van der Waals surface area contributed by atoms with Crippen molar-refractivity contribution in [1.82, 2.24) is 14.1 Å². The Hall–Kier alpha value is -1.44. The minimum Gasteiger partial charge on any atom is -0.340 e. The van der Waals surface area contributed by atoms with Crippen molar-refractivity contribution >= 4 is 15.9 Å². The lowest BCUT2D eigenvalue weighted by Gasteiger charge is -2.38. The van der Waals surface area contributed by atoms with Gasteiger partial charge in [-0.2, -0.15) is 4.31 Å². The number of piperidine rings is 1. The SMILES string of the molecule is CC(C)CCN1CCN(C(=O)C2CCN(S(=O)(=O)c3ccc4c(c3)CCC4)CC2)CC1. The number of nitrogens with zero attached hydrogens (tertiary/aromatic N) is 3. The first-order chi connectivity index (χ1) is 14.8. The minimum absolute atomic E-state index is 0.0475. The molecule has 0 radical (unpaired) electrons. The van der Waals surface area contributed by atoms with Crippen LogP contribution in [-0.4, -0.2) is 74.2 Å². The van der Waals surface area contributed by atoms with Crippen LogP contribution in [0.25, 0.3) is 0 Å². The summed E-state index contributed by atoms with van der Waals surface area (Å²) >= 11 is 0. The van der Waals surface area contributed by atoms with E-state index >= 15 is 0 Å². The number of sulfonamides is 1. The van der Waals surface area contributed by atoms with Gasteiger partial charge in [-0.1, -0.05) is 19.9 Å². The van der Waals surface area contributed by atoms with Gasteiger partial charge in [0.05, 0.1) is 4.90 Å². The highest BCUT2D eigenvalue weighted by molar-refractivity contribution is 7.89. The molecule has 4 rings (SSSR count). The van der Waals surface area contributed by atoms with Crippen LogP contribution in [0.3, 0.4) is 0 Å². The Balaban J connectivity index is 1.29. The highest BCUT2D eigenvalue weighted by atomic mass is 32.2. The molecule has 0 saturated carbocycles. The fourth-order valence-electron chi connectivity index (χ4n) is 5.09. The third-order valence-corrected chi connectivity index (χ3v) is 9.11. The number of aryl methyl sites for hydroxylation is 2. The summed E-state index contributed by atoms with van der Waals surface area (Å²) in [5.74, 6) is 0.879. The molecule has 2 heterocycles. The summed E-state index contributed by atoms with van der Waals surface area (Å²) in [6.45, 7) is 9.96. The van der Waals surface area contributed by atoms with Gasteiger partial charge in [0.1, 0.15) is 0 Å². The molecule has 1 amide bonds. The van der Waals surface area contributed by atoms with E-state index in [9.17, 15) is 13.2 Å². The van der Waals surface area contributed by atoms with Gasteiger partial charge in [0.15, 0.2) is 0 Å². The smallest absolute Gasteiger partial charge is 0.243 e. The lowest BCUT2D eigenvalue weighted by Crippen LogP contribution is -2.52. The minimum atomic E-state index is -3.48. The van der Waals surface area contributed by atoms with Crippen LogP contribution in [0.1, 0.15) is 50.7 Å². The van der Waals surface area contributed by atoms with Gasteiger partial charge in [-0.3, -0.25) is 9.69 Å². The Kier molecular flexibility index (Phi) is 7.04. The van der Waals surface area contributed by atoms with Crippen molar-refractivity contribution in [1.29, 1.82) is 0 Å². The van der Waals surface area contributed by atoms with E-state index < -0.39 is 10.0 Å². The van der Waals surface area contributed by atoms with Crippen molar-refractivity contribution in [3.63, 3.8) is 0 Å². The van der Waals surface area contributed by atoms with Gasteiger partial charge in [-0.25, -0.2) is 8.42 Å². The molecule has 7 heteroatoms. The van der Waals surface area contributed by atoms with E-state index in [-0.39, 0.29) is 11.8 Å². The topological polar surface area (TPSA) is 60.9 Å². The van der Waals surface area contributed by atoms with Crippen molar-refractivity contribution in [2.45, 2.75) is 57.3 Å². The van der Waals surface area contributed by atoms with E-state index in [1.54, 1.807) is 10.4 Å². The number of fused-ring (bicyclic) bond motifs is 1. The van der Waals surface area contributed by atoms with Crippen molar-refractivity contribution < 1.29 is 13.2 Å². The van der Waals surface area contributed by atoms with Gasteiger partial charge in [-0.05, 0) is 74.2 Å². The maximum Gasteiger partial charge on any atom is 0.243 e. The molecule has 2 aliphatic heterocycles. The summed E-state index contributed by atoms with van der Waals surface area (Å²) in [7, 11) is -3.48. The molecule has 1 aliphatic carbocycles. The van der Waals surface area contributed by atoms with E-state index in [4.69, 9.17) is 0 Å². The molecule has 0 bridgehead atoms. The second-order valence-corrected chi connectivity index (χ2v) is 11.7. The molecule has 0 N–H and O–H groups in total. The molecular formula is C24H37N3O3S. The largest absolute Gasteiger partial charge is 0.340 e. The maximum absolute atomic E-state index is 13.1. The number of hydrogen-bond donors (Lipinski definition) is 0. The molecule has 1 aromatic rings. The summed E-state index contributed by atoms with van der Waals surface area (Å²) < 4.78 is 27.9. The normalized spacial score (nSPS) is 21.6. The van der Waals surface area contributed by atoms with Crippen molar-refractivity contribution in [2.24, 2.45) is 11.8 Å². The highest BCUT2D eigenvalue weighted by Crippen LogP contribution is 2.29. The number of rotatable bonds is 6. The summed E-state index contributed by atoms with van der Waals surface area (Å²) in [4.78, 5) is 17.9. The maximum atomic E-state index is 13.1. The van der Waals surface area contributed by atoms with E-state index in [0.29, 0.717) is 36.7 Å². The highest BCUT2D eigenvalue weighted by Gasteiger charge is 2.35. The molecule has 3 aliphatic rings. The predicted molar refractivity (Wildman–Crippen MR) is 122 cm³/mol. The van der Waals surface area contributed by atoms with Crippen LogP contribution in [0.4, 0.5) is 0 Å². The summed E-state index contributed by atoms with van der Waals surface area (Å²) in [6.07, 6.45) is 5.58. The first-order valence-corrected chi connectivity index (χ1v) is 13.4. The lowest BCUT2D eigenvalue weighted by molar-refractivity contribution is -0.138. The Morgan fingerprint density at radius 3 is 2.35 bits per heavy atom. The molecule has 0 aromatic heterocycles. The van der Waals surface area contributed by atoms with Gasteiger partial charge in [0.25, 0.3) is 0 Å². The second kappa shape index (κ2) is 9.59. The molecule has 0 unspecified atom stereocenters. The zero-order chi connectivity index (χ0) is 22.0. The number of benzene rings is 1. The van der Waals surface area contributed by atoms with Gasteiger partial charge < -0.3 is 4.90 Å². The first-order valence-electron chi connectivity index (χ1n) is 12.0. The fourth-order valence-corrected chi connectivity index (χ4v) is 6.61. The Bertz CT molecular complexity index is 883. The van der Waals surface area contributed by atoms with Crippen LogP contribution in [0, 0.1) is 11.8 Å². The lowest BCUT2D eigenvalue weighted by atomic mass is 9.96. The van der Waals surface area contributed by atoms with Crippen LogP contribution in [-0.2, 0) is 27.7 Å². The number of carbonyl (C=O) groups is 1. The van der Waals surface area contributed by atoms with E-state index in [2.05, 4.69) is 18.7 Å². The quantitative estimate of drug-likeness (QED) is 0.673. The summed E-state index contributed by atoms with van der Waals surface area (Å²) in [5.41, 5.74) is 2.46. The van der Waals surface area contributed by atoms with Crippen LogP contribution < -0.4 is 0 Å². The van der Waals surface area contributed by atoms with Crippen molar-refractivity contribution in [2.75, 3.05) is 45.8 Å². The standard InChI is InChI=1S/C24H37N3O3S/c1-19(2)8-11-25-14-16-26(17-15-25)24(28)21-9-12-27(13-10-21)31(29,30)23-7-6-20-4-3-5-22(20)18-23/h6-7,18-19,21H,3-5,8-17H2,1-2H3. The Labute approximate surface area is 187 Å². The van der Waals surface area contributed by atoms with E-state index in [1.165, 1.54) is 17.5 Å². The summed E-state index contributed by atoms with van der Waals surface area (Å²) in [6, 6.07) is 5.61. The number of piperazine rings is 1.